The van der Waals surface area contributed by atoms with Crippen LogP contribution < -0.4 is 20.1 Å². The van der Waals surface area contributed by atoms with Crippen molar-refractivity contribution in [2.45, 2.75) is 13.8 Å². The summed E-state index contributed by atoms with van der Waals surface area (Å²) in [5.41, 5.74) is 2.76. The molecule has 2 aliphatic rings. The van der Waals surface area contributed by atoms with Crippen LogP contribution in [0.1, 0.15) is 34.6 Å². The summed E-state index contributed by atoms with van der Waals surface area (Å²) in [6.45, 7) is 4.37. The minimum atomic E-state index is -2.74. The first-order valence-electron chi connectivity index (χ1n) is 12.7. The van der Waals surface area contributed by atoms with E-state index in [9.17, 15) is 18.7 Å². The molecule has 8 heteroatoms. The van der Waals surface area contributed by atoms with E-state index in [2.05, 4.69) is 0 Å². The van der Waals surface area contributed by atoms with Gasteiger partial charge in [0.2, 0.25) is 11.0 Å². The molecule has 2 unspecified atom stereocenters. The van der Waals surface area contributed by atoms with Crippen molar-refractivity contribution in [1.29, 1.82) is 0 Å². The number of hydrogen-bond donors (Lipinski definition) is 0. The molecule has 0 bridgehead atoms. The third kappa shape index (κ3) is 4.38. The fraction of sp³-hybridized carbons (Fsp3) is 0.161. The first-order valence-corrected chi connectivity index (χ1v) is 15.5. The van der Waals surface area contributed by atoms with E-state index in [-0.39, 0.29) is 24.3 Å². The maximum atomic E-state index is 13.2. The SMILES string of the molecule is CC(C)(COc1cccc2c1[PH](=O)C(=O)c1ccccc1-2)COc1cccc2c1[PH](=O)C(=O)c1ccccc1-2. The average molecular weight is 556 g/mol. The summed E-state index contributed by atoms with van der Waals surface area (Å²) in [5, 5.41) is 0.909. The van der Waals surface area contributed by atoms with Gasteiger partial charge < -0.3 is 18.6 Å². The molecule has 0 radical (unpaired) electrons. The van der Waals surface area contributed by atoms with Gasteiger partial charge in [-0.3, -0.25) is 9.59 Å². The lowest BCUT2D eigenvalue weighted by Gasteiger charge is -2.28. The molecule has 0 amide bonds. The molecule has 0 spiro atoms. The van der Waals surface area contributed by atoms with E-state index in [1.54, 1.807) is 36.4 Å². The van der Waals surface area contributed by atoms with Crippen molar-refractivity contribution in [3.63, 3.8) is 0 Å². The third-order valence-electron chi connectivity index (χ3n) is 7.08. The molecule has 0 saturated carbocycles. The number of hydrogen-bond acceptors (Lipinski definition) is 6. The van der Waals surface area contributed by atoms with Crippen LogP contribution in [0.5, 0.6) is 11.5 Å². The Morgan fingerprint density at radius 3 is 1.31 bits per heavy atom. The highest BCUT2D eigenvalue weighted by molar-refractivity contribution is 7.72. The summed E-state index contributed by atoms with van der Waals surface area (Å²) in [6, 6.07) is 25.3. The van der Waals surface area contributed by atoms with Gasteiger partial charge in [0.05, 0.1) is 23.8 Å². The monoisotopic (exact) mass is 556 g/mol. The molecule has 2 heterocycles. The number of fused-ring (bicyclic) bond motifs is 6. The Morgan fingerprint density at radius 1 is 0.538 bits per heavy atom. The average Bonchev–Trinajstić information content (AvgIpc) is 2.96. The second-order valence-corrected chi connectivity index (χ2v) is 13.7. The van der Waals surface area contributed by atoms with Crippen LogP contribution in [-0.2, 0) is 9.13 Å². The Hall–Kier alpha value is -3.72. The van der Waals surface area contributed by atoms with Gasteiger partial charge in [-0.05, 0) is 34.4 Å². The normalized spacial score (nSPS) is 17.5. The van der Waals surface area contributed by atoms with E-state index >= 15 is 0 Å². The van der Waals surface area contributed by atoms with Crippen molar-refractivity contribution < 1.29 is 28.2 Å². The predicted molar refractivity (Wildman–Crippen MR) is 154 cm³/mol. The Labute approximate surface area is 227 Å². The van der Waals surface area contributed by atoms with Crippen LogP contribution in [0.15, 0.2) is 84.9 Å². The van der Waals surface area contributed by atoms with Crippen LogP contribution in [0.2, 0.25) is 0 Å². The second kappa shape index (κ2) is 9.79. The highest BCUT2D eigenvalue weighted by atomic mass is 31.1. The van der Waals surface area contributed by atoms with E-state index in [0.29, 0.717) is 33.2 Å². The van der Waals surface area contributed by atoms with Crippen molar-refractivity contribution in [3.05, 3.63) is 96.1 Å². The molecular weight excluding hydrogens is 530 g/mol. The zero-order valence-electron chi connectivity index (χ0n) is 21.4. The zero-order valence-corrected chi connectivity index (χ0v) is 23.4. The molecule has 2 atom stereocenters. The maximum absolute atomic E-state index is 13.2. The van der Waals surface area contributed by atoms with Gasteiger partial charge in [0.25, 0.3) is 0 Å². The van der Waals surface area contributed by atoms with Crippen LogP contribution in [-0.4, -0.2) is 24.3 Å². The van der Waals surface area contributed by atoms with Crippen molar-refractivity contribution in [3.8, 4) is 33.8 Å². The summed E-state index contributed by atoms with van der Waals surface area (Å²) >= 11 is 0. The van der Waals surface area contributed by atoms with Crippen LogP contribution in [0.3, 0.4) is 0 Å². The topological polar surface area (TPSA) is 86.7 Å². The number of carbonyl (C=O) groups excluding carboxylic acids is 2. The molecule has 0 fully saturated rings. The molecular formula is C31H26O6P2. The van der Waals surface area contributed by atoms with E-state index in [1.807, 2.05) is 62.4 Å². The summed E-state index contributed by atoms with van der Waals surface area (Å²) in [5.74, 6) is 0.855. The lowest BCUT2D eigenvalue weighted by atomic mass is 9.96. The molecule has 39 heavy (non-hydrogen) atoms. The highest BCUT2D eigenvalue weighted by Gasteiger charge is 2.34. The van der Waals surface area contributed by atoms with Crippen LogP contribution in [0, 0.1) is 5.41 Å². The molecule has 0 aliphatic carbocycles. The number of ether oxygens (including phenoxy) is 2. The fourth-order valence-corrected chi connectivity index (χ4v) is 8.17. The van der Waals surface area contributed by atoms with E-state index in [0.717, 1.165) is 22.3 Å². The van der Waals surface area contributed by atoms with Gasteiger partial charge >= 0.3 is 0 Å². The van der Waals surface area contributed by atoms with Gasteiger partial charge in [-0.25, -0.2) is 0 Å². The Morgan fingerprint density at radius 2 is 0.897 bits per heavy atom. The lowest BCUT2D eigenvalue weighted by molar-refractivity contribution is 0.107. The fourth-order valence-electron chi connectivity index (χ4n) is 5.11. The first-order chi connectivity index (χ1) is 18.8. The molecule has 4 aromatic rings. The van der Waals surface area contributed by atoms with Crippen molar-refractivity contribution >= 4 is 37.3 Å². The van der Waals surface area contributed by atoms with Crippen molar-refractivity contribution in [1.82, 2.24) is 0 Å². The highest BCUT2D eigenvalue weighted by Crippen LogP contribution is 2.44. The van der Waals surface area contributed by atoms with Gasteiger partial charge in [0.15, 0.2) is 15.6 Å². The summed E-state index contributed by atoms with van der Waals surface area (Å²) in [7, 11) is -5.49. The van der Waals surface area contributed by atoms with Crippen molar-refractivity contribution in [2.24, 2.45) is 5.41 Å². The number of benzene rings is 4. The number of carbonyl (C=O) groups is 2. The second-order valence-electron chi connectivity index (χ2n) is 10.5. The standard InChI is InChI=1S/C31H26O6P2/c1-31(2,17-36-25-15-7-13-21-19-9-3-5-11-23(19)29(32)38(34)27(21)25)18-37-26-16-8-14-22-20-10-4-6-12-24(20)30(33)39(35)28(22)26/h3-16,38-39H,17-18H2,1-2H3. The Bertz CT molecular complexity index is 1600. The predicted octanol–water partition coefficient (Wildman–Crippen LogP) is 6.18. The number of rotatable bonds is 6. The van der Waals surface area contributed by atoms with Gasteiger partial charge in [-0.15, -0.1) is 0 Å². The smallest absolute Gasteiger partial charge is 0.223 e. The molecule has 0 saturated heterocycles. The Kier molecular flexibility index (Phi) is 6.41. The quantitative estimate of drug-likeness (QED) is 0.264. The molecule has 0 N–H and O–H groups in total. The van der Waals surface area contributed by atoms with Gasteiger partial charge in [0.1, 0.15) is 11.5 Å². The first kappa shape index (κ1) is 25.6. The molecule has 196 valence electrons. The molecule has 4 aromatic carbocycles. The molecule has 6 rings (SSSR count). The molecule has 6 nitrogen and oxygen atoms in total. The van der Waals surface area contributed by atoms with Gasteiger partial charge in [0, 0.05) is 16.5 Å². The summed E-state index contributed by atoms with van der Waals surface area (Å²) < 4.78 is 38.7. The maximum Gasteiger partial charge on any atom is 0.223 e. The minimum Gasteiger partial charge on any atom is -0.492 e. The van der Waals surface area contributed by atoms with Gasteiger partial charge in [-0.1, -0.05) is 86.6 Å². The van der Waals surface area contributed by atoms with Crippen LogP contribution in [0.4, 0.5) is 0 Å². The van der Waals surface area contributed by atoms with Crippen LogP contribution >= 0.6 is 15.6 Å². The lowest BCUT2D eigenvalue weighted by Crippen LogP contribution is -2.31. The van der Waals surface area contributed by atoms with E-state index in [1.165, 1.54) is 0 Å². The zero-order chi connectivity index (χ0) is 27.3. The summed E-state index contributed by atoms with van der Waals surface area (Å²) in [4.78, 5) is 25.7. The summed E-state index contributed by atoms with van der Waals surface area (Å²) in [6.07, 6.45) is 0. The molecule has 2 aliphatic heterocycles. The Balaban J connectivity index is 1.23. The van der Waals surface area contributed by atoms with E-state index < -0.39 is 21.0 Å². The molecule has 0 aromatic heterocycles. The van der Waals surface area contributed by atoms with Gasteiger partial charge in [-0.2, -0.15) is 0 Å². The van der Waals surface area contributed by atoms with Crippen LogP contribution in [0.25, 0.3) is 22.3 Å². The minimum absolute atomic E-state index is 0.223. The largest absolute Gasteiger partial charge is 0.492 e. The van der Waals surface area contributed by atoms with E-state index in [4.69, 9.17) is 9.47 Å². The van der Waals surface area contributed by atoms with Crippen molar-refractivity contribution in [2.75, 3.05) is 13.2 Å². The third-order valence-corrected chi connectivity index (χ3v) is 10.4.